The minimum Gasteiger partial charge on any atom is -0.244 e. The maximum atomic E-state index is 4.89. The highest BCUT2D eigenvalue weighted by molar-refractivity contribution is 6.02. The molecule has 2 aromatic carbocycles. The zero-order chi connectivity index (χ0) is 18.5. The average molecular weight is 336 g/mol. The molecule has 126 valence electrons. The second-order valence-electron chi connectivity index (χ2n) is 5.66. The van der Waals surface area contributed by atoms with Crippen molar-refractivity contribution in [1.29, 1.82) is 0 Å². The first-order valence-electron chi connectivity index (χ1n) is 8.34. The quantitative estimate of drug-likeness (QED) is 0.381. The van der Waals surface area contributed by atoms with Gasteiger partial charge in [-0.05, 0) is 23.3 Å². The Hall–Kier alpha value is -3.52. The lowest BCUT2D eigenvalue weighted by Crippen LogP contribution is -1.99. The van der Waals surface area contributed by atoms with Crippen molar-refractivity contribution in [2.75, 3.05) is 0 Å². The van der Waals surface area contributed by atoms with E-state index >= 15 is 0 Å². The molecule has 0 saturated carbocycles. The van der Waals surface area contributed by atoms with Gasteiger partial charge in [-0.15, -0.1) is 0 Å². The third-order valence-electron chi connectivity index (χ3n) is 4.16. The first-order valence-corrected chi connectivity index (χ1v) is 8.34. The first kappa shape index (κ1) is 17.3. The summed E-state index contributed by atoms with van der Waals surface area (Å²) in [6.07, 6.45) is 14.9. The molecule has 0 aliphatic carbocycles. The highest BCUT2D eigenvalue weighted by Gasteiger charge is 2.16. The van der Waals surface area contributed by atoms with Crippen LogP contribution in [0.2, 0.25) is 0 Å². The van der Waals surface area contributed by atoms with E-state index in [4.69, 9.17) is 9.97 Å². The van der Waals surface area contributed by atoms with Gasteiger partial charge in [0.25, 0.3) is 0 Å². The summed E-state index contributed by atoms with van der Waals surface area (Å²) >= 11 is 0. The molecule has 0 fully saturated rings. The van der Waals surface area contributed by atoms with Gasteiger partial charge in [0.2, 0.25) is 0 Å². The lowest BCUT2D eigenvalue weighted by Gasteiger charge is -2.15. The van der Waals surface area contributed by atoms with E-state index in [2.05, 4.69) is 26.3 Å². The number of nitrogens with zero attached hydrogens (tertiary/aromatic N) is 2. The molecule has 1 aromatic heterocycles. The van der Waals surface area contributed by atoms with Crippen LogP contribution in [-0.2, 0) is 0 Å². The first-order chi connectivity index (χ1) is 12.7. The number of para-hydroxylation sites is 2. The van der Waals surface area contributed by atoms with Crippen molar-refractivity contribution >= 4 is 46.4 Å². The van der Waals surface area contributed by atoms with Crippen LogP contribution in [0.1, 0.15) is 22.3 Å². The fourth-order valence-corrected chi connectivity index (χ4v) is 3.03. The maximum absolute atomic E-state index is 4.89. The predicted molar refractivity (Wildman–Crippen MR) is 116 cm³/mol. The summed E-state index contributed by atoms with van der Waals surface area (Å²) in [7, 11) is 0. The van der Waals surface area contributed by atoms with Gasteiger partial charge >= 0.3 is 0 Å². The van der Waals surface area contributed by atoms with Crippen molar-refractivity contribution in [2.45, 2.75) is 0 Å². The summed E-state index contributed by atoms with van der Waals surface area (Å²) in [5.74, 6) is 0. The molecule has 0 aliphatic rings. The maximum Gasteiger partial charge on any atom is 0.0979 e. The molecule has 2 nitrogen and oxygen atoms in total. The smallest absolute Gasteiger partial charge is 0.0979 e. The van der Waals surface area contributed by atoms with Gasteiger partial charge in [-0.3, -0.25) is 0 Å². The molecule has 0 saturated heterocycles. The number of aromatic nitrogens is 2. The second kappa shape index (κ2) is 7.58. The molecule has 0 aliphatic heterocycles. The molecule has 3 rings (SSSR count). The van der Waals surface area contributed by atoms with Gasteiger partial charge in [-0.2, -0.15) is 0 Å². The van der Waals surface area contributed by atoms with Crippen molar-refractivity contribution in [2.24, 2.45) is 0 Å². The van der Waals surface area contributed by atoms with E-state index < -0.39 is 0 Å². The largest absolute Gasteiger partial charge is 0.244 e. The van der Waals surface area contributed by atoms with E-state index in [9.17, 15) is 0 Å². The molecule has 26 heavy (non-hydrogen) atoms. The average Bonchev–Trinajstić information content (AvgIpc) is 2.68. The number of allylic oxidation sites excluding steroid dienone is 4. The van der Waals surface area contributed by atoms with Crippen LogP contribution < -0.4 is 0 Å². The van der Waals surface area contributed by atoms with E-state index in [1.54, 1.807) is 12.2 Å². The fourth-order valence-electron chi connectivity index (χ4n) is 3.03. The molecule has 0 radical (unpaired) electrons. The Morgan fingerprint density at radius 1 is 0.615 bits per heavy atom. The molecule has 0 N–H and O–H groups in total. The van der Waals surface area contributed by atoms with E-state index in [1.807, 2.05) is 60.7 Å². The van der Waals surface area contributed by atoms with Gasteiger partial charge < -0.3 is 0 Å². The molecular formula is C24H20N2. The number of hydrogen-bond acceptors (Lipinski definition) is 2. The Morgan fingerprint density at radius 2 is 1.04 bits per heavy atom. The van der Waals surface area contributed by atoms with Crippen LogP contribution in [0.25, 0.3) is 46.4 Å². The Morgan fingerprint density at radius 3 is 1.38 bits per heavy atom. The van der Waals surface area contributed by atoms with Crippen LogP contribution in [0.15, 0.2) is 74.9 Å². The number of benzene rings is 2. The normalized spacial score (nSPS) is 11.4. The van der Waals surface area contributed by atoms with E-state index in [0.29, 0.717) is 0 Å². The monoisotopic (exact) mass is 336 g/mol. The summed E-state index contributed by atoms with van der Waals surface area (Å²) in [5.41, 5.74) is 7.22. The minimum absolute atomic E-state index is 0.825. The van der Waals surface area contributed by atoms with Gasteiger partial charge in [-0.25, -0.2) is 9.97 Å². The van der Waals surface area contributed by atoms with Crippen molar-refractivity contribution < 1.29 is 0 Å². The van der Waals surface area contributed by atoms with Gasteiger partial charge in [-0.1, -0.05) is 87.1 Å². The summed E-state index contributed by atoms with van der Waals surface area (Å²) < 4.78 is 0. The lowest BCUT2D eigenvalue weighted by atomic mass is 9.92. The SMILES string of the molecule is C=C/C=C\c1c(C=C)c(C=C)c(/C=C\C=C)c2nc3ccccc3nc12. The standard InChI is InChI=1S/C24H20N2/c1-5-9-13-19-17(7-3)18(8-4)20(14-10-6-2)24-23(19)25-21-15-11-12-16-22(21)26-24/h5-16H,1-4H2/b13-9-,14-10-. The minimum atomic E-state index is 0.825. The molecule has 0 atom stereocenters. The lowest BCUT2D eigenvalue weighted by molar-refractivity contribution is 1.37. The topological polar surface area (TPSA) is 25.8 Å². The summed E-state index contributed by atoms with van der Waals surface area (Å²) in [4.78, 5) is 9.79. The van der Waals surface area contributed by atoms with Gasteiger partial charge in [0, 0.05) is 11.1 Å². The second-order valence-corrected chi connectivity index (χ2v) is 5.66. The van der Waals surface area contributed by atoms with Gasteiger partial charge in [0.05, 0.1) is 22.1 Å². The highest BCUT2D eigenvalue weighted by Crippen LogP contribution is 2.33. The molecular weight excluding hydrogens is 316 g/mol. The van der Waals surface area contributed by atoms with Crippen LogP contribution in [-0.4, -0.2) is 9.97 Å². The van der Waals surface area contributed by atoms with Gasteiger partial charge in [0.1, 0.15) is 0 Å². The summed E-state index contributed by atoms with van der Waals surface area (Å²) in [6, 6.07) is 7.87. The Kier molecular flexibility index (Phi) is 5.04. The fraction of sp³-hybridized carbons (Fsp3) is 0. The number of fused-ring (bicyclic) bond motifs is 2. The van der Waals surface area contributed by atoms with Crippen molar-refractivity contribution in [3.05, 3.63) is 97.1 Å². The molecule has 0 amide bonds. The summed E-state index contributed by atoms with van der Waals surface area (Å²) in [6.45, 7) is 15.5. The molecule has 2 heteroatoms. The molecule has 0 bridgehead atoms. The molecule has 1 heterocycles. The Bertz CT molecular complexity index is 1010. The van der Waals surface area contributed by atoms with Crippen LogP contribution in [0, 0.1) is 0 Å². The summed E-state index contributed by atoms with van der Waals surface area (Å²) in [5, 5.41) is 0. The van der Waals surface area contributed by atoms with E-state index in [1.165, 1.54) is 0 Å². The Balaban J connectivity index is 2.59. The van der Waals surface area contributed by atoms with Crippen molar-refractivity contribution in [3.8, 4) is 0 Å². The third-order valence-corrected chi connectivity index (χ3v) is 4.16. The number of rotatable bonds is 6. The van der Waals surface area contributed by atoms with Crippen LogP contribution >= 0.6 is 0 Å². The van der Waals surface area contributed by atoms with E-state index in [0.717, 1.165) is 44.3 Å². The predicted octanol–water partition coefficient (Wildman–Crippen LogP) is 6.47. The van der Waals surface area contributed by atoms with E-state index in [-0.39, 0.29) is 0 Å². The molecule has 3 aromatic rings. The van der Waals surface area contributed by atoms with Crippen molar-refractivity contribution in [3.63, 3.8) is 0 Å². The molecule has 0 unspecified atom stereocenters. The van der Waals surface area contributed by atoms with Crippen LogP contribution in [0.5, 0.6) is 0 Å². The zero-order valence-corrected chi connectivity index (χ0v) is 14.7. The van der Waals surface area contributed by atoms with Gasteiger partial charge in [0.15, 0.2) is 0 Å². The molecule has 0 spiro atoms. The zero-order valence-electron chi connectivity index (χ0n) is 14.7. The third kappa shape index (κ3) is 2.93. The van der Waals surface area contributed by atoms with Crippen LogP contribution in [0.3, 0.4) is 0 Å². The highest BCUT2D eigenvalue weighted by atomic mass is 14.8. The Labute approximate surface area is 153 Å². The number of hydrogen-bond donors (Lipinski definition) is 0. The van der Waals surface area contributed by atoms with Crippen LogP contribution in [0.4, 0.5) is 0 Å². The van der Waals surface area contributed by atoms with Crippen molar-refractivity contribution in [1.82, 2.24) is 9.97 Å².